The van der Waals surface area contributed by atoms with E-state index < -0.39 is 0 Å². The van der Waals surface area contributed by atoms with Gasteiger partial charge in [-0.15, -0.1) is 0 Å². The summed E-state index contributed by atoms with van der Waals surface area (Å²) in [5.41, 5.74) is 1.11. The van der Waals surface area contributed by atoms with Crippen LogP contribution in [0.4, 0.5) is 0 Å². The molecule has 18 heavy (non-hydrogen) atoms. The molecule has 0 fully saturated rings. The first kappa shape index (κ1) is 12.8. The molecule has 4 nitrogen and oxygen atoms in total. The normalized spacial score (nSPS) is 12.1. The minimum absolute atomic E-state index is 0.109. The average Bonchev–Trinajstić information content (AvgIpc) is 2.79. The zero-order valence-corrected chi connectivity index (χ0v) is 11.5. The van der Waals surface area contributed by atoms with E-state index in [1.54, 1.807) is 0 Å². The molecule has 1 atom stereocenters. The highest BCUT2D eigenvalue weighted by Gasteiger charge is 2.11. The van der Waals surface area contributed by atoms with Gasteiger partial charge in [-0.05, 0) is 18.6 Å². The van der Waals surface area contributed by atoms with Crippen molar-refractivity contribution < 1.29 is 4.52 Å². The van der Waals surface area contributed by atoms with Crippen molar-refractivity contribution in [2.24, 2.45) is 5.92 Å². The van der Waals surface area contributed by atoms with E-state index in [9.17, 15) is 0 Å². The highest BCUT2D eigenvalue weighted by atomic mass is 79.9. The van der Waals surface area contributed by atoms with Gasteiger partial charge in [0.15, 0.2) is 5.82 Å². The molecule has 92 valence electrons. The lowest BCUT2D eigenvalue weighted by Gasteiger charge is -1.99. The van der Waals surface area contributed by atoms with Gasteiger partial charge in [0.05, 0.1) is 12.0 Å². The van der Waals surface area contributed by atoms with E-state index in [4.69, 9.17) is 9.78 Å². The molecule has 0 saturated heterocycles. The fraction of sp³-hybridized carbons (Fsp3) is 0.308. The molecule has 0 aliphatic carbocycles. The maximum Gasteiger partial charge on any atom is 0.227 e. The summed E-state index contributed by atoms with van der Waals surface area (Å²) in [5, 5.41) is 12.7. The van der Waals surface area contributed by atoms with Gasteiger partial charge in [0, 0.05) is 17.3 Å². The maximum atomic E-state index is 8.73. The number of benzene rings is 1. The summed E-state index contributed by atoms with van der Waals surface area (Å²) in [5.74, 6) is 1.05. The lowest BCUT2D eigenvalue weighted by atomic mass is 10.1. The van der Waals surface area contributed by atoms with E-state index in [-0.39, 0.29) is 5.92 Å². The average molecular weight is 306 g/mol. The second kappa shape index (κ2) is 5.78. The van der Waals surface area contributed by atoms with Crippen LogP contribution in [0.5, 0.6) is 0 Å². The number of nitrogens with zero attached hydrogens (tertiary/aromatic N) is 3. The SMILES string of the molecule is CC(C#N)Cc1nc(Cc2ccccc2Br)no1. The van der Waals surface area contributed by atoms with E-state index >= 15 is 0 Å². The third kappa shape index (κ3) is 3.17. The van der Waals surface area contributed by atoms with Gasteiger partial charge in [-0.2, -0.15) is 10.2 Å². The second-order valence-electron chi connectivity index (χ2n) is 4.11. The molecular weight excluding hydrogens is 294 g/mol. The molecule has 1 heterocycles. The fourth-order valence-electron chi connectivity index (χ4n) is 1.56. The van der Waals surface area contributed by atoms with Crippen LogP contribution in [0.3, 0.4) is 0 Å². The predicted octanol–water partition coefficient (Wildman–Crippen LogP) is 3.13. The molecule has 2 aromatic rings. The third-order valence-electron chi connectivity index (χ3n) is 2.52. The smallest absolute Gasteiger partial charge is 0.227 e. The van der Waals surface area contributed by atoms with E-state index in [0.29, 0.717) is 24.6 Å². The molecule has 0 aliphatic heterocycles. The number of rotatable bonds is 4. The molecule has 0 N–H and O–H groups in total. The highest BCUT2D eigenvalue weighted by molar-refractivity contribution is 9.10. The molecule has 0 radical (unpaired) electrons. The summed E-state index contributed by atoms with van der Waals surface area (Å²) in [6.45, 7) is 1.83. The van der Waals surface area contributed by atoms with Gasteiger partial charge in [0.1, 0.15) is 0 Å². The molecule has 2 rings (SSSR count). The standard InChI is InChI=1S/C13H12BrN3O/c1-9(8-15)6-13-16-12(17-18-13)7-10-4-2-3-5-11(10)14/h2-5,9H,6-7H2,1H3. The molecule has 5 heteroatoms. The van der Waals surface area contributed by atoms with Crippen molar-refractivity contribution in [3.8, 4) is 6.07 Å². The van der Waals surface area contributed by atoms with Crippen molar-refractivity contribution in [3.05, 3.63) is 46.0 Å². The summed E-state index contributed by atoms with van der Waals surface area (Å²) in [6, 6.07) is 10.1. The van der Waals surface area contributed by atoms with Gasteiger partial charge in [-0.25, -0.2) is 0 Å². The van der Waals surface area contributed by atoms with Crippen molar-refractivity contribution in [2.75, 3.05) is 0 Å². The van der Waals surface area contributed by atoms with Crippen LogP contribution in [0.1, 0.15) is 24.2 Å². The van der Waals surface area contributed by atoms with Crippen molar-refractivity contribution in [1.82, 2.24) is 10.1 Å². The molecule has 1 aromatic heterocycles. The Labute approximate surface area is 114 Å². The fourth-order valence-corrected chi connectivity index (χ4v) is 1.99. The first-order valence-corrected chi connectivity index (χ1v) is 6.43. The number of hydrogen-bond donors (Lipinski definition) is 0. The minimum atomic E-state index is -0.109. The first-order chi connectivity index (χ1) is 8.69. The lowest BCUT2D eigenvalue weighted by Crippen LogP contribution is -1.97. The largest absolute Gasteiger partial charge is 0.339 e. The highest BCUT2D eigenvalue weighted by Crippen LogP contribution is 2.18. The third-order valence-corrected chi connectivity index (χ3v) is 3.29. The van der Waals surface area contributed by atoms with Crippen LogP contribution in [0.2, 0.25) is 0 Å². The first-order valence-electron chi connectivity index (χ1n) is 5.63. The molecule has 1 aromatic carbocycles. The van der Waals surface area contributed by atoms with Crippen LogP contribution in [0.25, 0.3) is 0 Å². The van der Waals surface area contributed by atoms with Gasteiger partial charge in [0.25, 0.3) is 0 Å². The Kier molecular flexibility index (Phi) is 4.11. The van der Waals surface area contributed by atoms with Crippen LogP contribution >= 0.6 is 15.9 Å². The molecule has 0 saturated carbocycles. The van der Waals surface area contributed by atoms with Crippen LogP contribution in [0, 0.1) is 17.2 Å². The minimum Gasteiger partial charge on any atom is -0.339 e. The Bertz CT molecular complexity index is 574. The van der Waals surface area contributed by atoms with Crippen molar-refractivity contribution in [1.29, 1.82) is 5.26 Å². The molecule has 0 amide bonds. The van der Waals surface area contributed by atoms with Crippen molar-refractivity contribution in [2.45, 2.75) is 19.8 Å². The van der Waals surface area contributed by atoms with Gasteiger partial charge in [-0.1, -0.05) is 39.3 Å². The molecule has 0 spiro atoms. The van der Waals surface area contributed by atoms with Crippen LogP contribution in [-0.4, -0.2) is 10.1 Å². The van der Waals surface area contributed by atoms with Gasteiger partial charge in [-0.3, -0.25) is 0 Å². The summed E-state index contributed by atoms with van der Waals surface area (Å²) >= 11 is 3.48. The monoisotopic (exact) mass is 305 g/mol. The van der Waals surface area contributed by atoms with Crippen LogP contribution < -0.4 is 0 Å². The van der Waals surface area contributed by atoms with Crippen molar-refractivity contribution in [3.63, 3.8) is 0 Å². The Morgan fingerprint density at radius 3 is 2.94 bits per heavy atom. The predicted molar refractivity (Wildman–Crippen MR) is 69.7 cm³/mol. The Morgan fingerprint density at radius 2 is 2.22 bits per heavy atom. The van der Waals surface area contributed by atoms with E-state index in [1.165, 1.54) is 0 Å². The molecule has 0 aliphatic rings. The van der Waals surface area contributed by atoms with Gasteiger partial charge < -0.3 is 4.52 Å². The summed E-state index contributed by atoms with van der Waals surface area (Å²) < 4.78 is 6.15. The Morgan fingerprint density at radius 1 is 1.44 bits per heavy atom. The van der Waals surface area contributed by atoms with Gasteiger partial charge >= 0.3 is 0 Å². The zero-order chi connectivity index (χ0) is 13.0. The van der Waals surface area contributed by atoms with Crippen LogP contribution in [-0.2, 0) is 12.8 Å². The molecular formula is C13H12BrN3O. The van der Waals surface area contributed by atoms with E-state index in [1.807, 2.05) is 31.2 Å². The van der Waals surface area contributed by atoms with Crippen molar-refractivity contribution >= 4 is 15.9 Å². The lowest BCUT2D eigenvalue weighted by molar-refractivity contribution is 0.365. The quantitative estimate of drug-likeness (QED) is 0.870. The number of hydrogen-bond acceptors (Lipinski definition) is 4. The summed E-state index contributed by atoms with van der Waals surface area (Å²) in [4.78, 5) is 4.28. The second-order valence-corrected chi connectivity index (χ2v) is 4.96. The summed E-state index contributed by atoms with van der Waals surface area (Å²) in [6.07, 6.45) is 1.12. The Balaban J connectivity index is 2.08. The number of halogens is 1. The van der Waals surface area contributed by atoms with E-state index in [0.717, 1.165) is 10.0 Å². The molecule has 0 bridgehead atoms. The van der Waals surface area contributed by atoms with Crippen LogP contribution in [0.15, 0.2) is 33.3 Å². The zero-order valence-electron chi connectivity index (χ0n) is 9.93. The van der Waals surface area contributed by atoms with E-state index in [2.05, 4.69) is 32.1 Å². The topological polar surface area (TPSA) is 62.7 Å². The Hall–Kier alpha value is -1.67. The number of nitriles is 1. The van der Waals surface area contributed by atoms with Gasteiger partial charge in [0.2, 0.25) is 5.89 Å². The number of aromatic nitrogens is 2. The maximum absolute atomic E-state index is 8.73. The summed E-state index contributed by atoms with van der Waals surface area (Å²) in [7, 11) is 0. The molecule has 1 unspecified atom stereocenters.